The van der Waals surface area contributed by atoms with E-state index in [0.29, 0.717) is 11.3 Å². The molecule has 0 aromatic heterocycles. The molecular weight excluding hydrogens is 213 g/mol. The minimum atomic E-state index is -0.427. The quantitative estimate of drug-likeness (QED) is 0.791. The number of nitriles is 1. The molecule has 0 atom stereocenters. The van der Waals surface area contributed by atoms with Gasteiger partial charge in [-0.15, -0.1) is 0 Å². The molecule has 0 spiro atoms. The fourth-order valence-electron chi connectivity index (χ4n) is 1.21. The summed E-state index contributed by atoms with van der Waals surface area (Å²) in [6.07, 6.45) is 0. The summed E-state index contributed by atoms with van der Waals surface area (Å²) in [6.45, 7) is 0.769. The first-order valence-electron chi connectivity index (χ1n) is 4.43. The maximum absolute atomic E-state index is 13.4. The Morgan fingerprint density at radius 2 is 2.40 bits per heavy atom. The third-order valence-electron chi connectivity index (χ3n) is 1.93. The molecule has 5 heteroatoms. The second kappa shape index (κ2) is 4.32. The number of hydrogen-bond acceptors (Lipinski definition) is 4. The highest BCUT2D eigenvalue weighted by Gasteiger charge is 2.10. The monoisotopic (exact) mass is 221 g/mol. The van der Waals surface area contributed by atoms with Crippen LogP contribution in [-0.2, 0) is 0 Å². The first-order chi connectivity index (χ1) is 7.29. The molecule has 2 rings (SSSR count). The molecule has 0 unspecified atom stereocenters. The van der Waals surface area contributed by atoms with Gasteiger partial charge in [-0.1, -0.05) is 11.8 Å². The van der Waals surface area contributed by atoms with Gasteiger partial charge in [-0.05, 0) is 18.2 Å². The molecule has 1 aliphatic heterocycles. The molecule has 0 saturated heterocycles. The Bertz CT molecular complexity index is 450. The predicted octanol–water partition coefficient (Wildman–Crippen LogP) is 2.21. The number of halogens is 1. The number of amidine groups is 1. The molecule has 0 aliphatic carbocycles. The number of thioether (sulfide) groups is 1. The summed E-state index contributed by atoms with van der Waals surface area (Å²) in [5.74, 6) is 0.504. The fraction of sp³-hybridized carbons (Fsp3) is 0.200. The summed E-state index contributed by atoms with van der Waals surface area (Å²) in [7, 11) is 0. The molecule has 0 fully saturated rings. The van der Waals surface area contributed by atoms with Gasteiger partial charge in [0.05, 0.1) is 23.9 Å². The lowest BCUT2D eigenvalue weighted by molar-refractivity contribution is 0.632. The average molecular weight is 221 g/mol. The number of aliphatic imine (C=N–C) groups is 1. The van der Waals surface area contributed by atoms with Crippen LogP contribution in [0.4, 0.5) is 10.1 Å². The van der Waals surface area contributed by atoms with Gasteiger partial charge in [-0.3, -0.25) is 4.99 Å². The molecule has 1 N–H and O–H groups in total. The van der Waals surface area contributed by atoms with Crippen molar-refractivity contribution >= 4 is 22.6 Å². The normalized spacial score (nSPS) is 14.5. The van der Waals surface area contributed by atoms with E-state index in [4.69, 9.17) is 5.26 Å². The molecule has 1 heterocycles. The van der Waals surface area contributed by atoms with Crippen molar-refractivity contribution in [1.82, 2.24) is 0 Å². The van der Waals surface area contributed by atoms with Crippen LogP contribution >= 0.6 is 11.8 Å². The van der Waals surface area contributed by atoms with Gasteiger partial charge in [-0.25, -0.2) is 4.39 Å². The van der Waals surface area contributed by atoms with Crippen LogP contribution < -0.4 is 5.32 Å². The van der Waals surface area contributed by atoms with Crippen molar-refractivity contribution in [2.45, 2.75) is 0 Å². The minimum Gasteiger partial charge on any atom is -0.333 e. The lowest BCUT2D eigenvalue weighted by atomic mass is 10.2. The highest BCUT2D eigenvalue weighted by molar-refractivity contribution is 8.14. The van der Waals surface area contributed by atoms with Gasteiger partial charge in [0.25, 0.3) is 0 Å². The molecule has 0 saturated carbocycles. The lowest BCUT2D eigenvalue weighted by Gasteiger charge is -2.05. The standard InChI is InChI=1S/C10H8FN3S/c11-8-5-7(6-12)1-2-9(8)14-10-13-3-4-15-10/h1-2,5H,3-4H2,(H,13,14). The van der Waals surface area contributed by atoms with Crippen LogP contribution in [0.15, 0.2) is 23.2 Å². The summed E-state index contributed by atoms with van der Waals surface area (Å²) in [4.78, 5) is 4.15. The van der Waals surface area contributed by atoms with Gasteiger partial charge in [0.15, 0.2) is 5.17 Å². The molecule has 1 aromatic carbocycles. The van der Waals surface area contributed by atoms with E-state index >= 15 is 0 Å². The number of hydrogen-bond donors (Lipinski definition) is 1. The first kappa shape index (κ1) is 9.99. The van der Waals surface area contributed by atoms with Crippen molar-refractivity contribution in [1.29, 1.82) is 5.26 Å². The Kier molecular flexibility index (Phi) is 2.88. The van der Waals surface area contributed by atoms with Crippen LogP contribution in [0.25, 0.3) is 0 Å². The Morgan fingerprint density at radius 1 is 1.53 bits per heavy atom. The molecule has 15 heavy (non-hydrogen) atoms. The number of rotatable bonds is 1. The van der Waals surface area contributed by atoms with Crippen LogP contribution in [0.2, 0.25) is 0 Å². The van der Waals surface area contributed by atoms with Crippen molar-refractivity contribution in [2.75, 3.05) is 17.6 Å². The van der Waals surface area contributed by atoms with E-state index < -0.39 is 5.82 Å². The van der Waals surface area contributed by atoms with Gasteiger partial charge in [0, 0.05) is 5.75 Å². The first-order valence-corrected chi connectivity index (χ1v) is 5.42. The van der Waals surface area contributed by atoms with Crippen LogP contribution in [0, 0.1) is 17.1 Å². The number of nitrogens with one attached hydrogen (secondary N) is 1. The second-order valence-electron chi connectivity index (χ2n) is 2.97. The van der Waals surface area contributed by atoms with Gasteiger partial charge in [-0.2, -0.15) is 5.26 Å². The van der Waals surface area contributed by atoms with Gasteiger partial charge in [0.2, 0.25) is 0 Å². The SMILES string of the molecule is N#Cc1ccc(NC2=NCCS2)c(F)c1. The molecule has 0 amide bonds. The summed E-state index contributed by atoms with van der Waals surface area (Å²) in [6, 6.07) is 6.22. The summed E-state index contributed by atoms with van der Waals surface area (Å²) in [5.41, 5.74) is 0.682. The largest absolute Gasteiger partial charge is 0.333 e. The van der Waals surface area contributed by atoms with E-state index in [1.807, 2.05) is 6.07 Å². The average Bonchev–Trinajstić information content (AvgIpc) is 2.74. The van der Waals surface area contributed by atoms with E-state index in [9.17, 15) is 4.39 Å². The topological polar surface area (TPSA) is 48.2 Å². The van der Waals surface area contributed by atoms with E-state index in [0.717, 1.165) is 17.5 Å². The lowest BCUT2D eigenvalue weighted by Crippen LogP contribution is -2.06. The minimum absolute atomic E-state index is 0.319. The molecule has 0 bridgehead atoms. The maximum atomic E-state index is 13.4. The fourth-order valence-corrected chi connectivity index (χ4v) is 1.95. The van der Waals surface area contributed by atoms with E-state index in [-0.39, 0.29) is 0 Å². The smallest absolute Gasteiger partial charge is 0.161 e. The van der Waals surface area contributed by atoms with Gasteiger partial charge >= 0.3 is 0 Å². The van der Waals surface area contributed by atoms with Crippen LogP contribution in [0.1, 0.15) is 5.56 Å². The Hall–Kier alpha value is -1.54. The third kappa shape index (κ3) is 2.28. The Balaban J connectivity index is 2.19. The zero-order valence-electron chi connectivity index (χ0n) is 7.83. The van der Waals surface area contributed by atoms with Crippen molar-refractivity contribution < 1.29 is 4.39 Å². The van der Waals surface area contributed by atoms with Crippen LogP contribution in [0.3, 0.4) is 0 Å². The van der Waals surface area contributed by atoms with E-state index in [1.54, 1.807) is 23.9 Å². The van der Waals surface area contributed by atoms with E-state index in [1.165, 1.54) is 6.07 Å². The number of nitrogens with zero attached hydrogens (tertiary/aromatic N) is 2. The summed E-state index contributed by atoms with van der Waals surface area (Å²) < 4.78 is 13.4. The van der Waals surface area contributed by atoms with Crippen molar-refractivity contribution in [3.05, 3.63) is 29.6 Å². The summed E-state index contributed by atoms with van der Waals surface area (Å²) in [5, 5.41) is 12.2. The van der Waals surface area contributed by atoms with Crippen molar-refractivity contribution in [3.8, 4) is 6.07 Å². The molecule has 1 aliphatic rings. The molecule has 76 valence electrons. The van der Waals surface area contributed by atoms with Crippen LogP contribution in [0.5, 0.6) is 0 Å². The molecule has 1 aromatic rings. The summed E-state index contributed by atoms with van der Waals surface area (Å²) >= 11 is 1.56. The highest BCUT2D eigenvalue weighted by Crippen LogP contribution is 2.19. The second-order valence-corrected chi connectivity index (χ2v) is 4.05. The molecule has 3 nitrogen and oxygen atoms in total. The predicted molar refractivity (Wildman–Crippen MR) is 59.5 cm³/mol. The zero-order chi connectivity index (χ0) is 10.7. The number of benzene rings is 1. The van der Waals surface area contributed by atoms with Gasteiger partial charge < -0.3 is 5.32 Å². The molecular formula is C10H8FN3S. The van der Waals surface area contributed by atoms with Crippen molar-refractivity contribution in [2.24, 2.45) is 4.99 Å². The van der Waals surface area contributed by atoms with E-state index in [2.05, 4.69) is 10.3 Å². The van der Waals surface area contributed by atoms with Crippen molar-refractivity contribution in [3.63, 3.8) is 0 Å². The maximum Gasteiger partial charge on any atom is 0.161 e. The van der Waals surface area contributed by atoms with Crippen LogP contribution in [-0.4, -0.2) is 17.5 Å². The third-order valence-corrected chi connectivity index (χ3v) is 2.82. The highest BCUT2D eigenvalue weighted by atomic mass is 32.2. The number of anilines is 1. The van der Waals surface area contributed by atoms with Gasteiger partial charge in [0.1, 0.15) is 5.82 Å². The Labute approximate surface area is 91.0 Å². The zero-order valence-corrected chi connectivity index (χ0v) is 8.64. The Morgan fingerprint density at radius 3 is 3.00 bits per heavy atom. The molecule has 0 radical (unpaired) electrons.